The fraction of sp³-hybridized carbons (Fsp3) is 0.417. The first kappa shape index (κ1) is 22.0. The number of benzene rings is 2. The molecule has 4 rings (SSSR count). The molecule has 0 aromatic heterocycles. The lowest BCUT2D eigenvalue weighted by Gasteiger charge is -2.41. The number of carbonyl (C=O) groups is 2. The van der Waals surface area contributed by atoms with E-state index in [-0.39, 0.29) is 24.4 Å². The highest BCUT2D eigenvalue weighted by molar-refractivity contribution is 5.92. The molecule has 0 radical (unpaired) electrons. The highest BCUT2D eigenvalue weighted by Crippen LogP contribution is 2.33. The number of amides is 2. The average molecular weight is 440 g/mol. The van der Waals surface area contributed by atoms with Gasteiger partial charge in [0.2, 0.25) is 11.8 Å². The molecule has 0 saturated carbocycles. The van der Waals surface area contributed by atoms with Crippen molar-refractivity contribution in [3.63, 3.8) is 0 Å². The van der Waals surface area contributed by atoms with Gasteiger partial charge in [-0.1, -0.05) is 18.2 Å². The molecule has 0 unspecified atom stereocenters. The zero-order valence-corrected chi connectivity index (χ0v) is 18.5. The molecule has 170 valence electrons. The molecular formula is C24H29N3O5. The van der Waals surface area contributed by atoms with Crippen LogP contribution < -0.4 is 19.5 Å². The van der Waals surface area contributed by atoms with Gasteiger partial charge in [-0.25, -0.2) is 0 Å². The highest BCUT2D eigenvalue weighted by atomic mass is 16.5. The van der Waals surface area contributed by atoms with Crippen LogP contribution in [0.1, 0.15) is 24.9 Å². The van der Waals surface area contributed by atoms with Gasteiger partial charge in [-0.15, -0.1) is 0 Å². The predicted molar refractivity (Wildman–Crippen MR) is 120 cm³/mol. The maximum Gasteiger partial charge on any atom is 0.238 e. The van der Waals surface area contributed by atoms with E-state index in [9.17, 15) is 9.59 Å². The summed E-state index contributed by atoms with van der Waals surface area (Å²) in [5.74, 6) is 1.97. The zero-order valence-electron chi connectivity index (χ0n) is 18.5. The smallest absolute Gasteiger partial charge is 0.238 e. The SMILES string of the molecule is COc1ccccc1[C@H]1CN(CC(=O)Nc2ccc3c(c2)OCCCO3)CCN1C(C)=O. The third kappa shape index (κ3) is 4.96. The van der Waals surface area contributed by atoms with Crippen molar-refractivity contribution in [3.8, 4) is 17.2 Å². The van der Waals surface area contributed by atoms with Gasteiger partial charge in [0.25, 0.3) is 0 Å². The number of hydrogen-bond acceptors (Lipinski definition) is 6. The molecule has 1 atom stereocenters. The van der Waals surface area contributed by atoms with Gasteiger partial charge in [-0.05, 0) is 18.2 Å². The Kier molecular flexibility index (Phi) is 6.80. The quantitative estimate of drug-likeness (QED) is 0.772. The van der Waals surface area contributed by atoms with E-state index in [1.165, 1.54) is 0 Å². The molecule has 2 aromatic carbocycles. The lowest BCUT2D eigenvalue weighted by molar-refractivity contribution is -0.134. The fourth-order valence-electron chi connectivity index (χ4n) is 4.21. The molecule has 2 amide bonds. The summed E-state index contributed by atoms with van der Waals surface area (Å²) >= 11 is 0. The molecule has 8 heteroatoms. The molecule has 2 heterocycles. The molecule has 0 bridgehead atoms. The summed E-state index contributed by atoms with van der Waals surface area (Å²) in [4.78, 5) is 28.9. The molecule has 2 aliphatic rings. The van der Waals surface area contributed by atoms with Crippen LogP contribution in [0.5, 0.6) is 17.2 Å². The van der Waals surface area contributed by atoms with Crippen LogP contribution in [-0.4, -0.2) is 68.1 Å². The minimum absolute atomic E-state index is 0.0113. The second kappa shape index (κ2) is 9.91. The number of carbonyl (C=O) groups excluding carboxylic acids is 2. The van der Waals surface area contributed by atoms with Crippen LogP contribution in [0.2, 0.25) is 0 Å². The summed E-state index contributed by atoms with van der Waals surface area (Å²) in [6, 6.07) is 13.0. The van der Waals surface area contributed by atoms with Gasteiger partial charge >= 0.3 is 0 Å². The molecule has 1 saturated heterocycles. The minimum Gasteiger partial charge on any atom is -0.496 e. The first-order chi connectivity index (χ1) is 15.5. The molecule has 2 aliphatic heterocycles. The number of ether oxygens (including phenoxy) is 3. The van der Waals surface area contributed by atoms with Crippen LogP contribution >= 0.6 is 0 Å². The Labute approximate surface area is 188 Å². The lowest BCUT2D eigenvalue weighted by Crippen LogP contribution is -2.51. The largest absolute Gasteiger partial charge is 0.496 e. The van der Waals surface area contributed by atoms with E-state index in [0.717, 1.165) is 17.7 Å². The predicted octanol–water partition coefficient (Wildman–Crippen LogP) is 2.70. The van der Waals surface area contributed by atoms with Gasteiger partial charge < -0.3 is 24.4 Å². The van der Waals surface area contributed by atoms with Gasteiger partial charge in [-0.2, -0.15) is 0 Å². The van der Waals surface area contributed by atoms with E-state index in [2.05, 4.69) is 10.2 Å². The lowest BCUT2D eigenvalue weighted by atomic mass is 10.0. The third-order valence-corrected chi connectivity index (χ3v) is 5.77. The van der Waals surface area contributed by atoms with Crippen molar-refractivity contribution in [2.45, 2.75) is 19.4 Å². The van der Waals surface area contributed by atoms with Crippen LogP contribution in [0.25, 0.3) is 0 Å². The van der Waals surface area contributed by atoms with Gasteiger partial charge in [0.1, 0.15) is 5.75 Å². The van der Waals surface area contributed by atoms with Gasteiger partial charge in [0, 0.05) is 50.3 Å². The Morgan fingerprint density at radius 3 is 2.66 bits per heavy atom. The Balaban J connectivity index is 1.43. The van der Waals surface area contributed by atoms with Crippen LogP contribution in [0.4, 0.5) is 5.69 Å². The molecule has 1 fully saturated rings. The van der Waals surface area contributed by atoms with Crippen molar-refractivity contribution >= 4 is 17.5 Å². The molecule has 32 heavy (non-hydrogen) atoms. The number of hydrogen-bond donors (Lipinski definition) is 1. The van der Waals surface area contributed by atoms with E-state index in [1.807, 2.05) is 41.3 Å². The maximum absolute atomic E-state index is 12.8. The van der Waals surface area contributed by atoms with Gasteiger partial charge in [0.15, 0.2) is 11.5 Å². The fourth-order valence-corrected chi connectivity index (χ4v) is 4.21. The number of piperazine rings is 1. The maximum atomic E-state index is 12.8. The van der Waals surface area contributed by atoms with Crippen molar-refractivity contribution < 1.29 is 23.8 Å². The number of fused-ring (bicyclic) bond motifs is 1. The number of nitrogens with one attached hydrogen (secondary N) is 1. The standard InChI is InChI=1S/C24H29N3O5/c1-17(28)27-11-10-26(15-20(27)19-6-3-4-7-21(19)30-2)16-24(29)25-18-8-9-22-23(14-18)32-13-5-12-31-22/h3-4,6-9,14,20H,5,10-13,15-16H2,1-2H3,(H,25,29)/t20-/m1/s1. The number of para-hydroxylation sites is 1. The topological polar surface area (TPSA) is 80.3 Å². The van der Waals surface area contributed by atoms with Crippen LogP contribution in [-0.2, 0) is 9.59 Å². The first-order valence-corrected chi connectivity index (χ1v) is 10.9. The molecule has 0 spiro atoms. The van der Waals surface area contributed by atoms with Gasteiger partial charge in [0.05, 0.1) is 32.9 Å². The van der Waals surface area contributed by atoms with E-state index >= 15 is 0 Å². The van der Waals surface area contributed by atoms with E-state index in [0.29, 0.717) is 50.0 Å². The van der Waals surface area contributed by atoms with Crippen molar-refractivity contribution in [1.29, 1.82) is 0 Å². The Morgan fingerprint density at radius 1 is 1.09 bits per heavy atom. The van der Waals surface area contributed by atoms with Crippen molar-refractivity contribution in [2.75, 3.05) is 51.8 Å². The van der Waals surface area contributed by atoms with E-state index in [1.54, 1.807) is 20.1 Å². The van der Waals surface area contributed by atoms with Gasteiger partial charge in [-0.3, -0.25) is 14.5 Å². The number of nitrogens with zero attached hydrogens (tertiary/aromatic N) is 2. The Bertz CT molecular complexity index is 980. The van der Waals surface area contributed by atoms with Crippen LogP contribution in [0, 0.1) is 0 Å². The van der Waals surface area contributed by atoms with Crippen LogP contribution in [0.3, 0.4) is 0 Å². The summed E-state index contributed by atoms with van der Waals surface area (Å²) in [7, 11) is 1.63. The summed E-state index contributed by atoms with van der Waals surface area (Å²) in [5.41, 5.74) is 1.61. The number of methoxy groups -OCH3 is 1. The zero-order chi connectivity index (χ0) is 22.5. The molecule has 8 nitrogen and oxygen atoms in total. The molecule has 0 aliphatic carbocycles. The molecule has 1 N–H and O–H groups in total. The van der Waals surface area contributed by atoms with Crippen molar-refractivity contribution in [1.82, 2.24) is 9.80 Å². The van der Waals surface area contributed by atoms with E-state index < -0.39 is 0 Å². The Hall–Kier alpha value is -3.26. The number of rotatable bonds is 5. The summed E-state index contributed by atoms with van der Waals surface area (Å²) < 4.78 is 16.9. The molecular weight excluding hydrogens is 410 g/mol. The molecule has 2 aromatic rings. The summed E-state index contributed by atoms with van der Waals surface area (Å²) in [5, 5.41) is 2.95. The van der Waals surface area contributed by atoms with E-state index in [4.69, 9.17) is 14.2 Å². The third-order valence-electron chi connectivity index (χ3n) is 5.77. The Morgan fingerprint density at radius 2 is 1.88 bits per heavy atom. The summed E-state index contributed by atoms with van der Waals surface area (Å²) in [6.07, 6.45) is 0.829. The minimum atomic E-state index is -0.178. The number of anilines is 1. The monoisotopic (exact) mass is 439 g/mol. The highest BCUT2D eigenvalue weighted by Gasteiger charge is 2.32. The second-order valence-corrected chi connectivity index (χ2v) is 7.97. The normalized spacial score (nSPS) is 18.6. The first-order valence-electron chi connectivity index (χ1n) is 10.9. The van der Waals surface area contributed by atoms with Crippen molar-refractivity contribution in [3.05, 3.63) is 48.0 Å². The van der Waals surface area contributed by atoms with Crippen LogP contribution in [0.15, 0.2) is 42.5 Å². The second-order valence-electron chi connectivity index (χ2n) is 7.97. The van der Waals surface area contributed by atoms with Crippen molar-refractivity contribution in [2.24, 2.45) is 0 Å². The average Bonchev–Trinajstić information content (AvgIpc) is 3.03. The summed E-state index contributed by atoms with van der Waals surface area (Å²) in [6.45, 7) is 4.75.